The molecule has 100 valence electrons. The summed E-state index contributed by atoms with van der Waals surface area (Å²) in [6.07, 6.45) is 1.99. The minimum absolute atomic E-state index is 0.0693. The van der Waals surface area contributed by atoms with Crippen molar-refractivity contribution >= 4 is 22.8 Å². The van der Waals surface area contributed by atoms with E-state index in [1.807, 2.05) is 0 Å². The van der Waals surface area contributed by atoms with Crippen LogP contribution in [0.25, 0.3) is 0 Å². The fourth-order valence-electron chi connectivity index (χ4n) is 0.998. The van der Waals surface area contributed by atoms with Gasteiger partial charge in [-0.15, -0.1) is 0 Å². The number of nitrogens with one attached hydrogen (secondary N) is 2. The molecular formula is C10H20N2O4S. The van der Waals surface area contributed by atoms with Crippen LogP contribution in [0.1, 0.15) is 20.3 Å². The van der Waals surface area contributed by atoms with Gasteiger partial charge in [0.25, 0.3) is 0 Å². The molecule has 2 amide bonds. The average Bonchev–Trinajstić information content (AvgIpc) is 2.25. The Bertz CT molecular complexity index is 309. The summed E-state index contributed by atoms with van der Waals surface area (Å²) in [5.74, 6) is -0.549. The van der Waals surface area contributed by atoms with Crippen LogP contribution in [-0.4, -0.2) is 46.4 Å². The summed E-state index contributed by atoms with van der Waals surface area (Å²) in [5, 5.41) is 14.0. The van der Waals surface area contributed by atoms with Crippen LogP contribution in [0, 0.1) is 5.41 Å². The van der Waals surface area contributed by atoms with Crippen molar-refractivity contribution in [1.29, 1.82) is 0 Å². The molecule has 7 heteroatoms. The maximum absolute atomic E-state index is 11.3. The highest BCUT2D eigenvalue weighted by Crippen LogP contribution is 2.19. The summed E-state index contributed by atoms with van der Waals surface area (Å²) in [7, 11) is -0.949. The Kier molecular flexibility index (Phi) is 6.79. The van der Waals surface area contributed by atoms with Gasteiger partial charge >= 0.3 is 12.0 Å². The number of carboxylic acid groups (broad SMARTS) is 1. The van der Waals surface area contributed by atoms with E-state index in [0.717, 1.165) is 0 Å². The van der Waals surface area contributed by atoms with E-state index < -0.39 is 28.2 Å². The molecule has 0 fully saturated rings. The number of rotatable bonds is 7. The van der Waals surface area contributed by atoms with Gasteiger partial charge in [0, 0.05) is 35.9 Å². The normalized spacial score (nSPS) is 15.7. The molecule has 0 aliphatic carbocycles. The molecule has 0 rings (SSSR count). The van der Waals surface area contributed by atoms with Gasteiger partial charge in [-0.2, -0.15) is 0 Å². The second kappa shape index (κ2) is 7.26. The molecule has 6 nitrogen and oxygen atoms in total. The number of amides is 2. The van der Waals surface area contributed by atoms with Crippen LogP contribution >= 0.6 is 0 Å². The zero-order chi connectivity index (χ0) is 13.5. The number of aliphatic carboxylic acids is 1. The van der Waals surface area contributed by atoms with Crippen LogP contribution in [-0.2, 0) is 15.6 Å². The molecule has 0 heterocycles. The molecule has 0 aliphatic heterocycles. The largest absolute Gasteiger partial charge is 0.481 e. The molecule has 0 aromatic rings. The fraction of sp³-hybridized carbons (Fsp3) is 0.800. The Morgan fingerprint density at radius 1 is 1.35 bits per heavy atom. The molecule has 0 aliphatic rings. The van der Waals surface area contributed by atoms with Crippen molar-refractivity contribution in [3.05, 3.63) is 0 Å². The van der Waals surface area contributed by atoms with Crippen molar-refractivity contribution < 1.29 is 18.9 Å². The summed E-state index contributed by atoms with van der Waals surface area (Å²) < 4.78 is 10.7. The van der Waals surface area contributed by atoms with Crippen LogP contribution < -0.4 is 10.6 Å². The molecule has 0 bridgehead atoms. The molecule has 0 aromatic heterocycles. The Hall–Kier alpha value is -1.11. The summed E-state index contributed by atoms with van der Waals surface area (Å²) in [5.41, 5.74) is -0.953. The van der Waals surface area contributed by atoms with E-state index in [2.05, 4.69) is 10.6 Å². The van der Waals surface area contributed by atoms with Crippen molar-refractivity contribution in [2.75, 3.05) is 25.1 Å². The highest BCUT2D eigenvalue weighted by Gasteiger charge is 2.31. The number of carboxylic acids is 1. The number of hydrogen-bond donors (Lipinski definition) is 3. The van der Waals surface area contributed by atoms with Crippen molar-refractivity contribution in [3.8, 4) is 0 Å². The Balaban J connectivity index is 3.98. The third-order valence-corrected chi connectivity index (χ3v) is 3.39. The molecular weight excluding hydrogens is 244 g/mol. The first kappa shape index (κ1) is 15.9. The summed E-state index contributed by atoms with van der Waals surface area (Å²) in [6, 6.07) is -0.434. The molecule has 2 atom stereocenters. The molecule has 0 radical (unpaired) electrons. The van der Waals surface area contributed by atoms with Crippen LogP contribution in [0.2, 0.25) is 0 Å². The summed E-state index contributed by atoms with van der Waals surface area (Å²) >= 11 is 0. The Labute approximate surface area is 104 Å². The van der Waals surface area contributed by atoms with Gasteiger partial charge in [-0.1, -0.05) is 6.92 Å². The van der Waals surface area contributed by atoms with Gasteiger partial charge in [-0.05, 0) is 13.3 Å². The van der Waals surface area contributed by atoms with Crippen LogP contribution in [0.15, 0.2) is 0 Å². The lowest BCUT2D eigenvalue weighted by Gasteiger charge is -2.23. The number of carbonyl (C=O) groups is 2. The predicted octanol–water partition coefficient (Wildman–Crippen LogP) is 0.165. The zero-order valence-electron chi connectivity index (χ0n) is 10.4. The van der Waals surface area contributed by atoms with Crippen LogP contribution in [0.3, 0.4) is 0 Å². The minimum Gasteiger partial charge on any atom is -0.481 e. The Morgan fingerprint density at radius 3 is 2.35 bits per heavy atom. The second-order valence-electron chi connectivity index (χ2n) is 4.11. The highest BCUT2D eigenvalue weighted by atomic mass is 32.2. The van der Waals surface area contributed by atoms with Crippen molar-refractivity contribution in [3.63, 3.8) is 0 Å². The third kappa shape index (κ3) is 6.25. The SMILES string of the molecule is CCC(C)(CNC(=O)NCCS(C)=O)C(=O)O. The maximum atomic E-state index is 11.3. The first-order chi connectivity index (χ1) is 7.81. The van der Waals surface area contributed by atoms with E-state index in [0.29, 0.717) is 18.7 Å². The standard InChI is InChI=1S/C10H20N2O4S/c1-4-10(2,8(13)14)7-12-9(15)11-5-6-17(3)16/h4-7H2,1-3H3,(H,13,14)(H2,11,12,15). The van der Waals surface area contributed by atoms with Gasteiger partial charge in [-0.25, -0.2) is 4.79 Å². The van der Waals surface area contributed by atoms with Crippen molar-refractivity contribution in [2.24, 2.45) is 5.41 Å². The van der Waals surface area contributed by atoms with E-state index in [-0.39, 0.29) is 6.54 Å². The predicted molar refractivity (Wildman–Crippen MR) is 66.4 cm³/mol. The maximum Gasteiger partial charge on any atom is 0.314 e. The molecule has 0 saturated carbocycles. The number of hydrogen-bond acceptors (Lipinski definition) is 3. The van der Waals surface area contributed by atoms with Crippen LogP contribution in [0.4, 0.5) is 4.79 Å². The molecule has 2 unspecified atom stereocenters. The molecule has 3 N–H and O–H groups in total. The zero-order valence-corrected chi connectivity index (χ0v) is 11.2. The first-order valence-electron chi connectivity index (χ1n) is 5.37. The number of urea groups is 1. The molecule has 0 saturated heterocycles. The second-order valence-corrected chi connectivity index (χ2v) is 5.66. The van der Waals surface area contributed by atoms with E-state index in [9.17, 15) is 13.8 Å². The van der Waals surface area contributed by atoms with Gasteiger partial charge in [0.1, 0.15) is 0 Å². The van der Waals surface area contributed by atoms with Crippen molar-refractivity contribution in [1.82, 2.24) is 10.6 Å². The third-order valence-electron chi connectivity index (χ3n) is 2.61. The van der Waals surface area contributed by atoms with Gasteiger partial charge in [0.05, 0.1) is 5.41 Å². The quantitative estimate of drug-likeness (QED) is 0.610. The summed E-state index contributed by atoms with van der Waals surface area (Å²) in [4.78, 5) is 22.3. The molecule has 0 spiro atoms. The lowest BCUT2D eigenvalue weighted by molar-refractivity contribution is -0.147. The summed E-state index contributed by atoms with van der Waals surface area (Å²) in [6.45, 7) is 3.72. The lowest BCUT2D eigenvalue weighted by Crippen LogP contribution is -2.45. The average molecular weight is 264 g/mol. The van der Waals surface area contributed by atoms with E-state index in [1.54, 1.807) is 20.1 Å². The van der Waals surface area contributed by atoms with Crippen LogP contribution in [0.5, 0.6) is 0 Å². The topological polar surface area (TPSA) is 95.5 Å². The van der Waals surface area contributed by atoms with Gasteiger partial charge in [0.15, 0.2) is 0 Å². The van der Waals surface area contributed by atoms with E-state index >= 15 is 0 Å². The molecule has 17 heavy (non-hydrogen) atoms. The van der Waals surface area contributed by atoms with E-state index in [4.69, 9.17) is 5.11 Å². The highest BCUT2D eigenvalue weighted by molar-refractivity contribution is 7.84. The number of carbonyl (C=O) groups excluding carboxylic acids is 1. The first-order valence-corrected chi connectivity index (χ1v) is 7.09. The van der Waals surface area contributed by atoms with Gasteiger partial charge in [0.2, 0.25) is 0 Å². The monoisotopic (exact) mass is 264 g/mol. The smallest absolute Gasteiger partial charge is 0.314 e. The Morgan fingerprint density at radius 2 is 1.94 bits per heavy atom. The van der Waals surface area contributed by atoms with Gasteiger partial charge in [-0.3, -0.25) is 9.00 Å². The van der Waals surface area contributed by atoms with Gasteiger partial charge < -0.3 is 15.7 Å². The van der Waals surface area contributed by atoms with Crippen molar-refractivity contribution in [2.45, 2.75) is 20.3 Å². The fourth-order valence-corrected chi connectivity index (χ4v) is 1.39. The van der Waals surface area contributed by atoms with E-state index in [1.165, 1.54) is 0 Å². The molecule has 0 aromatic carbocycles. The minimum atomic E-state index is -0.953. The lowest BCUT2D eigenvalue weighted by atomic mass is 9.88.